The van der Waals surface area contributed by atoms with Crippen molar-refractivity contribution >= 4 is 5.91 Å². The van der Waals surface area contributed by atoms with Crippen LogP contribution in [0.4, 0.5) is 8.78 Å². The van der Waals surface area contributed by atoms with Crippen molar-refractivity contribution in [3.63, 3.8) is 0 Å². The van der Waals surface area contributed by atoms with E-state index < -0.39 is 17.7 Å². The Bertz CT molecular complexity index is 642. The monoisotopic (exact) mass is 265 g/mol. The Labute approximate surface area is 106 Å². The molecule has 0 aromatic carbocycles. The zero-order valence-corrected chi connectivity index (χ0v) is 9.75. The Hall–Kier alpha value is -2.38. The molecule has 8 heteroatoms. The molecule has 0 spiro atoms. The minimum Gasteiger partial charge on any atom is -0.329 e. The van der Waals surface area contributed by atoms with Crippen LogP contribution in [0.25, 0.3) is 0 Å². The summed E-state index contributed by atoms with van der Waals surface area (Å²) in [4.78, 5) is 16.7. The molecule has 0 fully saturated rings. The van der Waals surface area contributed by atoms with E-state index in [4.69, 9.17) is 0 Å². The van der Waals surface area contributed by atoms with E-state index in [2.05, 4.69) is 15.2 Å². The highest BCUT2D eigenvalue weighted by Crippen LogP contribution is 2.16. The van der Waals surface area contributed by atoms with E-state index in [-0.39, 0.29) is 12.1 Å². The summed E-state index contributed by atoms with van der Waals surface area (Å²) in [5.74, 6) is -2.45. The fourth-order valence-electron chi connectivity index (χ4n) is 1.99. The summed E-state index contributed by atoms with van der Waals surface area (Å²) in [7, 11) is 0. The van der Waals surface area contributed by atoms with Gasteiger partial charge in [0.05, 0.1) is 12.1 Å². The normalized spacial score (nSPS) is 14.3. The number of carbonyl (C=O) groups is 1. The summed E-state index contributed by atoms with van der Waals surface area (Å²) < 4.78 is 28.4. The van der Waals surface area contributed by atoms with Crippen molar-refractivity contribution in [2.45, 2.75) is 13.1 Å². The third-order valence-corrected chi connectivity index (χ3v) is 3.00. The van der Waals surface area contributed by atoms with Crippen LogP contribution in [0.2, 0.25) is 0 Å². The van der Waals surface area contributed by atoms with E-state index in [0.29, 0.717) is 18.9 Å². The second kappa shape index (κ2) is 4.38. The molecule has 0 saturated heterocycles. The molecule has 3 heterocycles. The zero-order chi connectivity index (χ0) is 13.4. The molecule has 2 aromatic rings. The van der Waals surface area contributed by atoms with E-state index in [9.17, 15) is 13.6 Å². The lowest BCUT2D eigenvalue weighted by molar-refractivity contribution is 0.0701. The molecule has 0 saturated carbocycles. The van der Waals surface area contributed by atoms with Crippen LogP contribution < -0.4 is 0 Å². The van der Waals surface area contributed by atoms with Gasteiger partial charge in [-0.05, 0) is 6.07 Å². The van der Waals surface area contributed by atoms with Gasteiger partial charge in [0.15, 0.2) is 11.6 Å². The van der Waals surface area contributed by atoms with Crippen LogP contribution in [0.3, 0.4) is 0 Å². The smallest absolute Gasteiger partial charge is 0.257 e. The highest BCUT2D eigenvalue weighted by atomic mass is 19.2. The molecular formula is C11H9F2N5O. The summed E-state index contributed by atoms with van der Waals surface area (Å²) >= 11 is 0. The van der Waals surface area contributed by atoms with Crippen LogP contribution in [0.5, 0.6) is 0 Å². The van der Waals surface area contributed by atoms with E-state index in [0.717, 1.165) is 6.20 Å². The molecule has 0 unspecified atom stereocenters. The highest BCUT2D eigenvalue weighted by molar-refractivity contribution is 5.94. The fourth-order valence-corrected chi connectivity index (χ4v) is 1.99. The molecule has 0 radical (unpaired) electrons. The van der Waals surface area contributed by atoms with Crippen molar-refractivity contribution in [1.29, 1.82) is 0 Å². The predicted octanol–water partition coefficient (Wildman–Crippen LogP) is 0.607. The average Bonchev–Trinajstić information content (AvgIpc) is 2.88. The average molecular weight is 265 g/mol. The van der Waals surface area contributed by atoms with E-state index in [1.807, 2.05) is 4.57 Å². The van der Waals surface area contributed by atoms with Gasteiger partial charge in [0.1, 0.15) is 6.33 Å². The topological polar surface area (TPSA) is 63.9 Å². The summed E-state index contributed by atoms with van der Waals surface area (Å²) in [6, 6.07) is 1.17. The van der Waals surface area contributed by atoms with Gasteiger partial charge < -0.3 is 9.47 Å². The Morgan fingerprint density at radius 2 is 2.16 bits per heavy atom. The Kier molecular flexibility index (Phi) is 2.69. The van der Waals surface area contributed by atoms with Gasteiger partial charge in [-0.1, -0.05) is 0 Å². The van der Waals surface area contributed by atoms with Crippen LogP contribution in [0.1, 0.15) is 16.2 Å². The van der Waals surface area contributed by atoms with Crippen molar-refractivity contribution in [3.05, 3.63) is 41.7 Å². The van der Waals surface area contributed by atoms with Gasteiger partial charge in [-0.3, -0.25) is 4.79 Å². The largest absolute Gasteiger partial charge is 0.329 e. The third-order valence-electron chi connectivity index (χ3n) is 3.00. The van der Waals surface area contributed by atoms with Gasteiger partial charge in [0.2, 0.25) is 5.95 Å². The third kappa shape index (κ3) is 1.94. The lowest BCUT2D eigenvalue weighted by atomic mass is 10.2. The summed E-state index contributed by atoms with van der Waals surface area (Å²) in [6.45, 7) is 1.15. The van der Waals surface area contributed by atoms with Crippen LogP contribution in [0, 0.1) is 11.8 Å². The Balaban J connectivity index is 1.88. The van der Waals surface area contributed by atoms with Crippen LogP contribution in [0.15, 0.2) is 18.6 Å². The van der Waals surface area contributed by atoms with Crippen molar-refractivity contribution in [2.75, 3.05) is 6.54 Å². The molecule has 6 nitrogen and oxygen atoms in total. The molecule has 1 aliphatic rings. The van der Waals surface area contributed by atoms with Crippen LogP contribution in [-0.4, -0.2) is 37.1 Å². The first kappa shape index (κ1) is 11.7. The number of hydrogen-bond donors (Lipinski definition) is 0. The van der Waals surface area contributed by atoms with Gasteiger partial charge in [-0.15, -0.1) is 10.2 Å². The lowest BCUT2D eigenvalue weighted by Gasteiger charge is -2.27. The number of aromatic nitrogens is 4. The molecule has 98 valence electrons. The first-order chi connectivity index (χ1) is 9.16. The molecule has 0 aliphatic carbocycles. The predicted molar refractivity (Wildman–Crippen MR) is 58.9 cm³/mol. The van der Waals surface area contributed by atoms with Crippen LogP contribution >= 0.6 is 0 Å². The Morgan fingerprint density at radius 3 is 3.00 bits per heavy atom. The summed E-state index contributed by atoms with van der Waals surface area (Å²) in [6.07, 6.45) is 2.64. The number of halogens is 2. The van der Waals surface area contributed by atoms with Gasteiger partial charge in [-0.25, -0.2) is 9.37 Å². The maximum Gasteiger partial charge on any atom is 0.257 e. The maximum absolute atomic E-state index is 13.5. The van der Waals surface area contributed by atoms with Crippen LogP contribution in [-0.2, 0) is 13.1 Å². The van der Waals surface area contributed by atoms with Crippen molar-refractivity contribution in [2.24, 2.45) is 0 Å². The molecule has 0 atom stereocenters. The van der Waals surface area contributed by atoms with E-state index >= 15 is 0 Å². The number of carbonyl (C=O) groups excluding carboxylic acids is 1. The molecule has 0 bridgehead atoms. The maximum atomic E-state index is 13.5. The zero-order valence-electron chi connectivity index (χ0n) is 9.75. The molecule has 2 aromatic heterocycles. The molecule has 0 N–H and O–H groups in total. The first-order valence-electron chi connectivity index (χ1n) is 5.63. The first-order valence-corrected chi connectivity index (χ1v) is 5.63. The number of fused-ring (bicyclic) bond motifs is 1. The fraction of sp³-hybridized carbons (Fsp3) is 0.273. The molecule has 19 heavy (non-hydrogen) atoms. The van der Waals surface area contributed by atoms with Gasteiger partial charge in [0.25, 0.3) is 5.91 Å². The van der Waals surface area contributed by atoms with Crippen molar-refractivity contribution in [3.8, 4) is 0 Å². The molecule has 3 rings (SSSR count). The number of nitrogens with zero attached hydrogens (tertiary/aromatic N) is 5. The second-order valence-electron chi connectivity index (χ2n) is 4.13. The van der Waals surface area contributed by atoms with Gasteiger partial charge >= 0.3 is 0 Å². The van der Waals surface area contributed by atoms with Gasteiger partial charge in [-0.2, -0.15) is 4.39 Å². The second-order valence-corrected chi connectivity index (χ2v) is 4.13. The summed E-state index contributed by atoms with van der Waals surface area (Å²) in [5.41, 5.74) is -0.319. The number of amides is 1. The molecular weight excluding hydrogens is 256 g/mol. The minimum atomic E-state index is -1.27. The van der Waals surface area contributed by atoms with E-state index in [1.54, 1.807) is 6.33 Å². The molecule has 1 amide bonds. The standard InChI is InChI=1S/C11H9F2N5O/c12-9-7(1-2-14-10(9)13)11(19)17-3-4-18-6-15-16-8(18)5-17/h1-2,6H,3-5H2. The van der Waals surface area contributed by atoms with Crippen molar-refractivity contribution in [1.82, 2.24) is 24.6 Å². The SMILES string of the molecule is O=C(c1ccnc(F)c1F)N1CCn2cnnc2C1. The molecule has 1 aliphatic heterocycles. The number of rotatable bonds is 1. The lowest BCUT2D eigenvalue weighted by Crippen LogP contribution is -2.38. The highest BCUT2D eigenvalue weighted by Gasteiger charge is 2.26. The Morgan fingerprint density at radius 1 is 1.32 bits per heavy atom. The number of hydrogen-bond acceptors (Lipinski definition) is 4. The quantitative estimate of drug-likeness (QED) is 0.709. The van der Waals surface area contributed by atoms with Gasteiger partial charge in [0, 0.05) is 19.3 Å². The summed E-state index contributed by atoms with van der Waals surface area (Å²) in [5, 5.41) is 7.59. The van der Waals surface area contributed by atoms with E-state index in [1.165, 1.54) is 11.0 Å². The number of pyridine rings is 1. The van der Waals surface area contributed by atoms with Crippen molar-refractivity contribution < 1.29 is 13.6 Å². The minimum absolute atomic E-state index is 0.224.